The van der Waals surface area contributed by atoms with Gasteiger partial charge in [-0.1, -0.05) is 29.8 Å². The van der Waals surface area contributed by atoms with Crippen molar-refractivity contribution < 1.29 is 9.47 Å². The number of benzene rings is 2. The van der Waals surface area contributed by atoms with Crippen LogP contribution in [0.2, 0.25) is 0 Å². The summed E-state index contributed by atoms with van der Waals surface area (Å²) in [5, 5.41) is 3.26. The molecule has 0 bridgehead atoms. The summed E-state index contributed by atoms with van der Waals surface area (Å²) in [5.41, 5.74) is 4.26. The van der Waals surface area contributed by atoms with Crippen LogP contribution in [-0.2, 0) is 6.54 Å². The van der Waals surface area contributed by atoms with Gasteiger partial charge in [-0.25, -0.2) is 9.97 Å². The summed E-state index contributed by atoms with van der Waals surface area (Å²) in [6.07, 6.45) is 1.75. The minimum absolute atomic E-state index is 0.270. The van der Waals surface area contributed by atoms with E-state index in [4.69, 9.17) is 9.47 Å². The fourth-order valence-corrected chi connectivity index (χ4v) is 2.55. The van der Waals surface area contributed by atoms with E-state index in [-0.39, 0.29) is 6.79 Å². The van der Waals surface area contributed by atoms with Crippen LogP contribution in [0, 0.1) is 6.92 Å². The van der Waals surface area contributed by atoms with E-state index in [9.17, 15) is 0 Å². The molecular weight excluding hydrogens is 302 g/mol. The van der Waals surface area contributed by atoms with E-state index >= 15 is 0 Å². The van der Waals surface area contributed by atoms with Gasteiger partial charge in [-0.05, 0) is 36.8 Å². The number of hydrogen-bond donors (Lipinski definition) is 1. The molecular formula is C19H17N3O2. The first kappa shape index (κ1) is 14.5. The van der Waals surface area contributed by atoms with Crippen molar-refractivity contribution in [2.75, 3.05) is 12.1 Å². The lowest BCUT2D eigenvalue weighted by Gasteiger charge is -2.07. The van der Waals surface area contributed by atoms with Gasteiger partial charge >= 0.3 is 0 Å². The number of aryl methyl sites for hydroxylation is 1. The van der Waals surface area contributed by atoms with Crippen LogP contribution >= 0.6 is 0 Å². The number of nitrogens with zero attached hydrogens (tertiary/aromatic N) is 2. The number of hydrogen-bond acceptors (Lipinski definition) is 5. The Kier molecular flexibility index (Phi) is 3.75. The van der Waals surface area contributed by atoms with Crippen molar-refractivity contribution in [2.24, 2.45) is 0 Å². The Hall–Kier alpha value is -3.08. The molecule has 0 amide bonds. The Labute approximate surface area is 140 Å². The Morgan fingerprint density at radius 2 is 1.83 bits per heavy atom. The average Bonchev–Trinajstić information content (AvgIpc) is 3.09. The van der Waals surface area contributed by atoms with E-state index in [1.807, 2.05) is 24.3 Å². The Bertz CT molecular complexity index is 863. The van der Waals surface area contributed by atoms with Gasteiger partial charge in [0.25, 0.3) is 0 Å². The predicted octanol–water partition coefficient (Wildman–Crippen LogP) is 3.79. The fraction of sp³-hybridized carbons (Fsp3) is 0.158. The van der Waals surface area contributed by atoms with E-state index in [1.165, 1.54) is 11.1 Å². The summed E-state index contributed by atoms with van der Waals surface area (Å²) in [4.78, 5) is 8.87. The number of nitrogens with one attached hydrogen (secondary N) is 1. The predicted molar refractivity (Wildman–Crippen MR) is 92.1 cm³/mol. The van der Waals surface area contributed by atoms with Gasteiger partial charge in [0.1, 0.15) is 0 Å². The van der Waals surface area contributed by atoms with Crippen molar-refractivity contribution in [1.82, 2.24) is 9.97 Å². The van der Waals surface area contributed by atoms with E-state index in [0.717, 1.165) is 22.8 Å². The molecule has 24 heavy (non-hydrogen) atoms. The van der Waals surface area contributed by atoms with E-state index in [1.54, 1.807) is 6.20 Å². The summed E-state index contributed by atoms with van der Waals surface area (Å²) in [6, 6.07) is 16.1. The van der Waals surface area contributed by atoms with Crippen molar-refractivity contribution >= 4 is 5.95 Å². The maximum atomic E-state index is 5.42. The molecule has 0 spiro atoms. The maximum Gasteiger partial charge on any atom is 0.231 e. The van der Waals surface area contributed by atoms with Gasteiger partial charge in [-0.3, -0.25) is 0 Å². The first-order valence-corrected chi connectivity index (χ1v) is 7.80. The summed E-state index contributed by atoms with van der Waals surface area (Å²) in [7, 11) is 0. The Morgan fingerprint density at radius 1 is 1.00 bits per heavy atom. The molecule has 0 aliphatic carbocycles. The van der Waals surface area contributed by atoms with Crippen molar-refractivity contribution in [3.63, 3.8) is 0 Å². The van der Waals surface area contributed by atoms with Gasteiger partial charge in [-0.15, -0.1) is 0 Å². The molecule has 1 aromatic heterocycles. The Balaban J connectivity index is 1.52. The molecule has 2 aromatic carbocycles. The number of anilines is 1. The van der Waals surface area contributed by atoms with Crippen LogP contribution in [0.1, 0.15) is 11.1 Å². The van der Waals surface area contributed by atoms with Crippen LogP contribution < -0.4 is 14.8 Å². The molecule has 4 rings (SSSR count). The third kappa shape index (κ3) is 3.01. The highest BCUT2D eigenvalue weighted by molar-refractivity contribution is 5.65. The topological polar surface area (TPSA) is 56.3 Å². The number of aromatic nitrogens is 2. The SMILES string of the molecule is Cc1ccc(CNc2nccc(-c3ccc4c(c3)OCO4)n2)cc1. The summed E-state index contributed by atoms with van der Waals surface area (Å²) in [6.45, 7) is 3.03. The van der Waals surface area contributed by atoms with Crippen LogP contribution in [0.3, 0.4) is 0 Å². The van der Waals surface area contributed by atoms with E-state index < -0.39 is 0 Å². The van der Waals surface area contributed by atoms with Crippen LogP contribution in [0.5, 0.6) is 11.5 Å². The van der Waals surface area contributed by atoms with Gasteiger partial charge in [0.05, 0.1) is 5.69 Å². The monoisotopic (exact) mass is 319 g/mol. The zero-order valence-corrected chi connectivity index (χ0v) is 13.3. The molecule has 120 valence electrons. The van der Waals surface area contributed by atoms with Crippen LogP contribution in [0.15, 0.2) is 54.7 Å². The second-order valence-electron chi connectivity index (χ2n) is 5.67. The highest BCUT2D eigenvalue weighted by Gasteiger charge is 2.14. The smallest absolute Gasteiger partial charge is 0.231 e. The van der Waals surface area contributed by atoms with Crippen molar-refractivity contribution in [3.05, 3.63) is 65.9 Å². The van der Waals surface area contributed by atoms with Crippen molar-refractivity contribution in [2.45, 2.75) is 13.5 Å². The molecule has 0 radical (unpaired) electrons. The normalized spacial score (nSPS) is 12.2. The molecule has 3 aromatic rings. The molecule has 1 aliphatic rings. The number of rotatable bonds is 4. The summed E-state index contributed by atoms with van der Waals surface area (Å²) in [5.74, 6) is 2.12. The van der Waals surface area contributed by atoms with Gasteiger partial charge in [-0.2, -0.15) is 0 Å². The fourth-order valence-electron chi connectivity index (χ4n) is 2.55. The third-order valence-electron chi connectivity index (χ3n) is 3.90. The Morgan fingerprint density at radius 3 is 2.71 bits per heavy atom. The number of fused-ring (bicyclic) bond motifs is 1. The molecule has 5 heteroatoms. The lowest BCUT2D eigenvalue weighted by atomic mass is 10.1. The molecule has 1 aliphatic heterocycles. The second kappa shape index (κ2) is 6.20. The largest absolute Gasteiger partial charge is 0.454 e. The zero-order chi connectivity index (χ0) is 16.4. The lowest BCUT2D eigenvalue weighted by Crippen LogP contribution is -2.03. The van der Waals surface area contributed by atoms with Crippen LogP contribution in [-0.4, -0.2) is 16.8 Å². The van der Waals surface area contributed by atoms with Gasteiger partial charge in [0.2, 0.25) is 12.7 Å². The van der Waals surface area contributed by atoms with Gasteiger partial charge < -0.3 is 14.8 Å². The standard InChI is InChI=1S/C19H17N3O2/c1-13-2-4-14(5-3-13)11-21-19-20-9-8-16(22-19)15-6-7-17-18(10-15)24-12-23-17/h2-10H,11-12H2,1H3,(H,20,21,22). The minimum atomic E-state index is 0.270. The second-order valence-corrected chi connectivity index (χ2v) is 5.67. The molecule has 0 fully saturated rings. The van der Waals surface area contributed by atoms with Gasteiger partial charge in [0, 0.05) is 18.3 Å². The molecule has 0 unspecified atom stereocenters. The summed E-state index contributed by atoms with van der Waals surface area (Å²) >= 11 is 0. The van der Waals surface area contributed by atoms with Crippen LogP contribution in [0.4, 0.5) is 5.95 Å². The quantitative estimate of drug-likeness (QED) is 0.793. The van der Waals surface area contributed by atoms with Gasteiger partial charge in [0.15, 0.2) is 11.5 Å². The highest BCUT2D eigenvalue weighted by atomic mass is 16.7. The van der Waals surface area contributed by atoms with Crippen LogP contribution in [0.25, 0.3) is 11.3 Å². The molecule has 5 nitrogen and oxygen atoms in total. The average molecular weight is 319 g/mol. The minimum Gasteiger partial charge on any atom is -0.454 e. The molecule has 0 saturated heterocycles. The summed E-state index contributed by atoms with van der Waals surface area (Å²) < 4.78 is 10.8. The molecule has 2 heterocycles. The van der Waals surface area contributed by atoms with Crippen molar-refractivity contribution in [1.29, 1.82) is 0 Å². The van der Waals surface area contributed by atoms with Crippen molar-refractivity contribution in [3.8, 4) is 22.8 Å². The number of ether oxygens (including phenoxy) is 2. The van der Waals surface area contributed by atoms with E-state index in [2.05, 4.69) is 46.5 Å². The lowest BCUT2D eigenvalue weighted by molar-refractivity contribution is 0.174. The zero-order valence-electron chi connectivity index (χ0n) is 13.3. The third-order valence-corrected chi connectivity index (χ3v) is 3.90. The maximum absolute atomic E-state index is 5.42. The first-order valence-electron chi connectivity index (χ1n) is 7.80. The highest BCUT2D eigenvalue weighted by Crippen LogP contribution is 2.35. The molecule has 1 N–H and O–H groups in total. The molecule has 0 atom stereocenters. The molecule has 0 saturated carbocycles. The van der Waals surface area contributed by atoms with E-state index in [0.29, 0.717) is 12.5 Å². The first-order chi connectivity index (χ1) is 11.8.